The van der Waals surface area contributed by atoms with Crippen LogP contribution in [0.2, 0.25) is 0 Å². The summed E-state index contributed by atoms with van der Waals surface area (Å²) in [5.74, 6) is 2.24. The van der Waals surface area contributed by atoms with E-state index in [0.29, 0.717) is 0 Å². The molecule has 2 heteroatoms. The van der Waals surface area contributed by atoms with Crippen molar-refractivity contribution in [3.8, 4) is 0 Å². The van der Waals surface area contributed by atoms with Crippen LogP contribution in [0, 0.1) is 6.92 Å². The Balaban J connectivity index is 1.93. The summed E-state index contributed by atoms with van der Waals surface area (Å²) >= 11 is 1.85. The molecule has 1 aliphatic heterocycles. The molecule has 0 amide bonds. The van der Waals surface area contributed by atoms with Crippen molar-refractivity contribution in [2.75, 3.05) is 0 Å². The molecule has 82 valence electrons. The molecule has 0 saturated heterocycles. The average molecular weight is 236 g/mol. The number of benzene rings is 2. The number of hydrogen-bond donors (Lipinski definition) is 0. The van der Waals surface area contributed by atoms with Gasteiger partial charge in [0.15, 0.2) is 7.28 Å². The molecule has 17 heavy (non-hydrogen) atoms. The molecule has 2 aromatic carbocycles. The van der Waals surface area contributed by atoms with E-state index in [4.69, 9.17) is 0 Å². The molecular formula is C15H13BS. The largest absolute Gasteiger partial charge is 0.183 e. The molecule has 0 aromatic heterocycles. The number of rotatable bonds is 2. The lowest BCUT2D eigenvalue weighted by Gasteiger charge is -2.07. The first-order valence-corrected chi connectivity index (χ1v) is 6.67. The van der Waals surface area contributed by atoms with Crippen LogP contribution in [-0.2, 0) is 0 Å². The first-order chi connectivity index (χ1) is 8.33. The van der Waals surface area contributed by atoms with Crippen LogP contribution in [0.15, 0.2) is 58.2 Å². The van der Waals surface area contributed by atoms with Gasteiger partial charge in [-0.05, 0) is 30.7 Å². The van der Waals surface area contributed by atoms with Gasteiger partial charge in [-0.3, -0.25) is 0 Å². The number of aryl methyl sites for hydroxylation is 1. The highest BCUT2D eigenvalue weighted by Crippen LogP contribution is 2.31. The van der Waals surface area contributed by atoms with Crippen LogP contribution >= 0.6 is 11.8 Å². The third-order valence-electron chi connectivity index (χ3n) is 3.03. The van der Waals surface area contributed by atoms with E-state index >= 15 is 0 Å². The maximum atomic E-state index is 2.24. The zero-order valence-electron chi connectivity index (χ0n) is 9.81. The fourth-order valence-electron chi connectivity index (χ4n) is 2.08. The first kappa shape index (κ1) is 10.7. The third kappa shape index (κ3) is 2.18. The zero-order chi connectivity index (χ0) is 11.7. The second-order valence-corrected chi connectivity index (χ2v) is 5.47. The fraction of sp³-hybridized carbons (Fsp3) is 0.0667. The van der Waals surface area contributed by atoms with Crippen molar-refractivity contribution >= 4 is 30.6 Å². The molecule has 3 rings (SSSR count). The van der Waals surface area contributed by atoms with Gasteiger partial charge in [0, 0.05) is 9.79 Å². The third-order valence-corrected chi connectivity index (χ3v) is 4.11. The van der Waals surface area contributed by atoms with Crippen molar-refractivity contribution < 1.29 is 0 Å². The van der Waals surface area contributed by atoms with Crippen LogP contribution in [0.5, 0.6) is 0 Å². The van der Waals surface area contributed by atoms with Crippen molar-refractivity contribution in [2.24, 2.45) is 0 Å². The molecular weight excluding hydrogens is 223 g/mol. The van der Waals surface area contributed by atoms with E-state index in [9.17, 15) is 0 Å². The summed E-state index contributed by atoms with van der Waals surface area (Å²) in [4.78, 5) is 2.67. The fourth-order valence-corrected chi connectivity index (χ4v) is 3.06. The van der Waals surface area contributed by atoms with Crippen LogP contribution < -0.4 is 5.46 Å². The lowest BCUT2D eigenvalue weighted by atomic mass is 9.73. The quantitative estimate of drug-likeness (QED) is 0.721. The Labute approximate surface area is 107 Å². The van der Waals surface area contributed by atoms with Crippen molar-refractivity contribution in [3.63, 3.8) is 0 Å². The minimum atomic E-state index is 1.08. The standard InChI is InChI=1S/C15H13BS/c1-11-5-7-12(8-6-11)17-15-4-2-3-14-13(15)9-10-16-14/h2-10,16H,1H3. The minimum absolute atomic E-state index is 1.08. The van der Waals surface area contributed by atoms with Gasteiger partial charge < -0.3 is 0 Å². The van der Waals surface area contributed by atoms with Gasteiger partial charge in [0.05, 0.1) is 0 Å². The van der Waals surface area contributed by atoms with E-state index in [1.54, 1.807) is 0 Å². The summed E-state index contributed by atoms with van der Waals surface area (Å²) < 4.78 is 0. The first-order valence-electron chi connectivity index (χ1n) is 5.86. The van der Waals surface area contributed by atoms with E-state index in [1.807, 2.05) is 11.8 Å². The molecule has 1 aliphatic rings. The summed E-state index contributed by atoms with van der Waals surface area (Å²) in [6, 6.07) is 15.3. The average Bonchev–Trinajstić information content (AvgIpc) is 2.81. The molecule has 0 N–H and O–H groups in total. The van der Waals surface area contributed by atoms with Crippen LogP contribution in [0.1, 0.15) is 11.1 Å². The van der Waals surface area contributed by atoms with Gasteiger partial charge in [-0.2, -0.15) is 0 Å². The topological polar surface area (TPSA) is 0 Å². The maximum absolute atomic E-state index is 2.24. The number of hydrogen-bond acceptors (Lipinski definition) is 1. The van der Waals surface area contributed by atoms with Crippen LogP contribution in [0.3, 0.4) is 0 Å². The molecule has 0 aliphatic carbocycles. The molecule has 0 atom stereocenters. The van der Waals surface area contributed by atoms with Crippen LogP contribution in [0.25, 0.3) is 6.08 Å². The highest BCUT2D eigenvalue weighted by Gasteiger charge is 2.10. The van der Waals surface area contributed by atoms with E-state index in [-0.39, 0.29) is 0 Å². The van der Waals surface area contributed by atoms with Gasteiger partial charge in [-0.1, -0.05) is 53.1 Å². The van der Waals surface area contributed by atoms with E-state index in [1.165, 1.54) is 26.4 Å². The molecule has 0 spiro atoms. The lowest BCUT2D eigenvalue weighted by Crippen LogP contribution is -2.10. The Morgan fingerprint density at radius 2 is 1.82 bits per heavy atom. The second kappa shape index (κ2) is 4.46. The molecule has 1 heterocycles. The Kier molecular flexibility index (Phi) is 2.81. The molecule has 0 bridgehead atoms. The van der Waals surface area contributed by atoms with Gasteiger partial charge in [0.2, 0.25) is 0 Å². The minimum Gasteiger partial charge on any atom is -0.113 e. The van der Waals surface area contributed by atoms with Gasteiger partial charge in [-0.25, -0.2) is 0 Å². The van der Waals surface area contributed by atoms with E-state index < -0.39 is 0 Å². The smallest absolute Gasteiger partial charge is 0.113 e. The zero-order valence-corrected chi connectivity index (χ0v) is 10.6. The predicted octanol–water partition coefficient (Wildman–Crippen LogP) is 3.19. The maximum Gasteiger partial charge on any atom is 0.183 e. The van der Waals surface area contributed by atoms with Crippen LogP contribution in [0.4, 0.5) is 0 Å². The second-order valence-electron chi connectivity index (χ2n) is 4.35. The van der Waals surface area contributed by atoms with Gasteiger partial charge in [-0.15, -0.1) is 5.98 Å². The van der Waals surface area contributed by atoms with Crippen LogP contribution in [-0.4, -0.2) is 7.28 Å². The highest BCUT2D eigenvalue weighted by atomic mass is 32.2. The monoisotopic (exact) mass is 236 g/mol. The summed E-state index contributed by atoms with van der Waals surface area (Å²) in [5.41, 5.74) is 4.16. The summed E-state index contributed by atoms with van der Waals surface area (Å²) in [7, 11) is 1.08. The van der Waals surface area contributed by atoms with Crippen molar-refractivity contribution in [1.82, 2.24) is 0 Å². The van der Waals surface area contributed by atoms with Crippen molar-refractivity contribution in [3.05, 3.63) is 59.6 Å². The predicted molar refractivity (Wildman–Crippen MR) is 77.6 cm³/mol. The summed E-state index contributed by atoms with van der Waals surface area (Å²) in [6.45, 7) is 2.12. The number of fused-ring (bicyclic) bond motifs is 1. The van der Waals surface area contributed by atoms with Gasteiger partial charge >= 0.3 is 0 Å². The lowest BCUT2D eigenvalue weighted by molar-refractivity contribution is 1.36. The molecule has 0 nitrogen and oxygen atoms in total. The van der Waals surface area contributed by atoms with Gasteiger partial charge in [0.25, 0.3) is 0 Å². The molecule has 0 fully saturated rings. The van der Waals surface area contributed by atoms with E-state index in [0.717, 1.165) is 7.28 Å². The molecule has 2 aromatic rings. The highest BCUT2D eigenvalue weighted by molar-refractivity contribution is 7.99. The Hall–Kier alpha value is -1.41. The summed E-state index contributed by atoms with van der Waals surface area (Å²) in [6.07, 6.45) is 2.24. The van der Waals surface area contributed by atoms with Crippen molar-refractivity contribution in [1.29, 1.82) is 0 Å². The molecule has 0 radical (unpaired) electrons. The Bertz CT molecular complexity index is 570. The summed E-state index contributed by atoms with van der Waals surface area (Å²) in [5, 5.41) is 0. The van der Waals surface area contributed by atoms with E-state index in [2.05, 4.69) is 61.4 Å². The SMILES string of the molecule is Cc1ccc(Sc2cccc3c2C=CB3)cc1. The normalized spacial score (nSPS) is 12.3. The molecule has 0 saturated carbocycles. The Morgan fingerprint density at radius 3 is 2.65 bits per heavy atom. The molecule has 0 unspecified atom stereocenters. The van der Waals surface area contributed by atoms with Crippen molar-refractivity contribution in [2.45, 2.75) is 16.7 Å². The van der Waals surface area contributed by atoms with Gasteiger partial charge in [0.1, 0.15) is 0 Å². The Morgan fingerprint density at radius 1 is 1.00 bits per heavy atom.